The highest BCUT2D eigenvalue weighted by molar-refractivity contribution is 4.74. The molecule has 1 aliphatic rings. The van der Waals surface area contributed by atoms with Crippen LogP contribution in [0.1, 0.15) is 78.6 Å². The molecule has 120 valence electrons. The number of hydrogen-bond acceptors (Lipinski definition) is 2. The van der Waals surface area contributed by atoms with Crippen molar-refractivity contribution in [1.82, 2.24) is 9.80 Å². The lowest BCUT2D eigenvalue weighted by atomic mass is 10.1. The first-order valence-corrected chi connectivity index (χ1v) is 8.94. The predicted molar refractivity (Wildman–Crippen MR) is 90.4 cm³/mol. The highest BCUT2D eigenvalue weighted by Crippen LogP contribution is 2.14. The Morgan fingerprint density at radius 3 is 1.55 bits per heavy atom. The summed E-state index contributed by atoms with van der Waals surface area (Å²) in [6, 6.07) is 0. The fourth-order valence-electron chi connectivity index (χ4n) is 2.87. The third-order valence-electron chi connectivity index (χ3n) is 4.85. The van der Waals surface area contributed by atoms with Crippen LogP contribution in [0.25, 0.3) is 0 Å². The zero-order chi connectivity index (χ0) is 14.8. The molecule has 1 rings (SSSR count). The number of rotatable bonds is 3. The molecule has 0 unspecified atom stereocenters. The van der Waals surface area contributed by atoms with Crippen LogP contribution in [0.2, 0.25) is 0 Å². The monoisotopic (exact) mass is 282 g/mol. The Balaban J connectivity index is 2.31. The Hall–Kier alpha value is -0.0800. The van der Waals surface area contributed by atoms with Gasteiger partial charge in [0.1, 0.15) is 0 Å². The van der Waals surface area contributed by atoms with Crippen LogP contribution in [0, 0.1) is 0 Å². The summed E-state index contributed by atoms with van der Waals surface area (Å²) in [7, 11) is 2.26. The largest absolute Gasteiger partial charge is 0.302 e. The molecule has 1 heterocycles. The normalized spacial score (nSPS) is 21.4. The van der Waals surface area contributed by atoms with Gasteiger partial charge in [-0.05, 0) is 53.8 Å². The number of nitrogens with zero attached hydrogens (tertiary/aromatic N) is 2. The van der Waals surface area contributed by atoms with Crippen LogP contribution in [0.15, 0.2) is 0 Å². The van der Waals surface area contributed by atoms with E-state index in [4.69, 9.17) is 0 Å². The molecule has 1 saturated heterocycles. The lowest BCUT2D eigenvalue weighted by molar-refractivity contribution is 0.143. The van der Waals surface area contributed by atoms with Gasteiger partial charge in [0, 0.05) is 18.6 Å². The molecular weight excluding hydrogens is 244 g/mol. The summed E-state index contributed by atoms with van der Waals surface area (Å²) in [5.41, 5.74) is 0.298. The molecule has 0 aromatic rings. The van der Waals surface area contributed by atoms with Crippen molar-refractivity contribution in [3.8, 4) is 0 Å². The minimum atomic E-state index is 0.298. The minimum Gasteiger partial charge on any atom is -0.302 e. The van der Waals surface area contributed by atoms with Crippen molar-refractivity contribution in [2.75, 3.05) is 33.2 Å². The van der Waals surface area contributed by atoms with E-state index in [1.807, 2.05) is 0 Å². The average Bonchev–Trinajstić information content (AvgIpc) is 2.36. The van der Waals surface area contributed by atoms with Crippen LogP contribution in [0.3, 0.4) is 0 Å². The van der Waals surface area contributed by atoms with E-state index in [1.54, 1.807) is 0 Å². The van der Waals surface area contributed by atoms with Gasteiger partial charge < -0.3 is 9.80 Å². The molecule has 0 amide bonds. The van der Waals surface area contributed by atoms with Crippen molar-refractivity contribution < 1.29 is 0 Å². The SMILES string of the molecule is CN(CCN1CCCCCCCCCCC1)C(C)(C)C. The quantitative estimate of drug-likeness (QED) is 0.749. The topological polar surface area (TPSA) is 6.48 Å². The first-order valence-electron chi connectivity index (χ1n) is 8.94. The van der Waals surface area contributed by atoms with E-state index in [9.17, 15) is 0 Å². The zero-order valence-electron chi connectivity index (χ0n) is 14.6. The third-order valence-corrected chi connectivity index (χ3v) is 4.85. The van der Waals surface area contributed by atoms with Crippen molar-refractivity contribution in [2.24, 2.45) is 0 Å². The van der Waals surface area contributed by atoms with Crippen LogP contribution in [-0.2, 0) is 0 Å². The van der Waals surface area contributed by atoms with E-state index in [-0.39, 0.29) is 0 Å². The molecule has 1 fully saturated rings. The van der Waals surface area contributed by atoms with Crippen LogP contribution in [0.5, 0.6) is 0 Å². The van der Waals surface area contributed by atoms with Crippen molar-refractivity contribution >= 4 is 0 Å². The molecule has 2 heteroatoms. The number of likely N-dealkylation sites (N-methyl/N-ethyl adjacent to an activating group) is 1. The molecule has 1 aliphatic heterocycles. The summed E-state index contributed by atoms with van der Waals surface area (Å²) >= 11 is 0. The third kappa shape index (κ3) is 8.26. The zero-order valence-corrected chi connectivity index (χ0v) is 14.6. The Morgan fingerprint density at radius 1 is 0.750 bits per heavy atom. The second-order valence-electron chi connectivity index (χ2n) is 7.62. The molecule has 0 aromatic carbocycles. The molecule has 0 N–H and O–H groups in total. The van der Waals surface area contributed by atoms with E-state index in [0.29, 0.717) is 5.54 Å². The van der Waals surface area contributed by atoms with Crippen LogP contribution >= 0.6 is 0 Å². The summed E-state index contributed by atoms with van der Waals surface area (Å²) in [6.07, 6.45) is 13.0. The van der Waals surface area contributed by atoms with Gasteiger partial charge in [-0.2, -0.15) is 0 Å². The molecule has 2 nitrogen and oxygen atoms in total. The summed E-state index contributed by atoms with van der Waals surface area (Å²) in [4.78, 5) is 5.20. The molecule has 0 bridgehead atoms. The van der Waals surface area contributed by atoms with Crippen LogP contribution < -0.4 is 0 Å². The molecule has 0 atom stereocenters. The van der Waals surface area contributed by atoms with Crippen molar-refractivity contribution in [3.63, 3.8) is 0 Å². The van der Waals surface area contributed by atoms with Crippen molar-refractivity contribution in [2.45, 2.75) is 84.1 Å². The standard InChI is InChI=1S/C18H38N2/c1-18(2,3)19(4)16-17-20-14-12-10-8-6-5-7-9-11-13-15-20/h5-17H2,1-4H3. The van der Waals surface area contributed by atoms with Gasteiger partial charge in [-0.15, -0.1) is 0 Å². The lowest BCUT2D eigenvalue weighted by Gasteiger charge is -2.34. The van der Waals surface area contributed by atoms with Gasteiger partial charge >= 0.3 is 0 Å². The second kappa shape index (κ2) is 9.78. The average molecular weight is 283 g/mol. The van der Waals surface area contributed by atoms with E-state index >= 15 is 0 Å². The molecule has 0 radical (unpaired) electrons. The van der Waals surface area contributed by atoms with Gasteiger partial charge in [-0.3, -0.25) is 0 Å². The first kappa shape index (κ1) is 18.0. The van der Waals surface area contributed by atoms with E-state index < -0.39 is 0 Å². The van der Waals surface area contributed by atoms with Crippen molar-refractivity contribution in [1.29, 1.82) is 0 Å². The lowest BCUT2D eigenvalue weighted by Crippen LogP contribution is -2.43. The minimum absolute atomic E-state index is 0.298. The van der Waals surface area contributed by atoms with Crippen LogP contribution in [-0.4, -0.2) is 48.6 Å². The van der Waals surface area contributed by atoms with Gasteiger partial charge in [0.25, 0.3) is 0 Å². The van der Waals surface area contributed by atoms with E-state index in [2.05, 4.69) is 37.6 Å². The van der Waals surface area contributed by atoms with Gasteiger partial charge in [0.05, 0.1) is 0 Å². The Bertz CT molecular complexity index is 220. The van der Waals surface area contributed by atoms with E-state index in [0.717, 1.165) is 0 Å². The summed E-state index contributed by atoms with van der Waals surface area (Å²) in [5, 5.41) is 0. The Kier molecular flexibility index (Phi) is 8.79. The molecular formula is C18H38N2. The Morgan fingerprint density at radius 2 is 1.15 bits per heavy atom. The molecule has 0 saturated carbocycles. The van der Waals surface area contributed by atoms with Gasteiger partial charge in [0.2, 0.25) is 0 Å². The summed E-state index contributed by atoms with van der Waals surface area (Å²) in [5.74, 6) is 0. The molecule has 20 heavy (non-hydrogen) atoms. The molecule has 0 aromatic heterocycles. The second-order valence-corrected chi connectivity index (χ2v) is 7.62. The van der Waals surface area contributed by atoms with Gasteiger partial charge in [-0.1, -0.05) is 44.9 Å². The first-order chi connectivity index (χ1) is 9.50. The smallest absolute Gasteiger partial charge is 0.0122 e. The van der Waals surface area contributed by atoms with Crippen molar-refractivity contribution in [3.05, 3.63) is 0 Å². The Labute approximate surface area is 127 Å². The molecule has 0 spiro atoms. The van der Waals surface area contributed by atoms with Gasteiger partial charge in [0.15, 0.2) is 0 Å². The predicted octanol–water partition coefficient (Wildman–Crippen LogP) is 4.54. The fraction of sp³-hybridized carbons (Fsp3) is 1.00. The highest BCUT2D eigenvalue weighted by atomic mass is 15.2. The van der Waals surface area contributed by atoms with Crippen LogP contribution in [0.4, 0.5) is 0 Å². The maximum absolute atomic E-state index is 2.71. The summed E-state index contributed by atoms with van der Waals surface area (Å²) < 4.78 is 0. The fourth-order valence-corrected chi connectivity index (χ4v) is 2.87. The molecule has 0 aliphatic carbocycles. The maximum atomic E-state index is 2.71. The maximum Gasteiger partial charge on any atom is 0.0122 e. The van der Waals surface area contributed by atoms with Gasteiger partial charge in [-0.25, -0.2) is 0 Å². The highest BCUT2D eigenvalue weighted by Gasteiger charge is 2.17. The number of hydrogen-bond donors (Lipinski definition) is 0. The summed E-state index contributed by atoms with van der Waals surface area (Å²) in [6.45, 7) is 12.0. The van der Waals surface area contributed by atoms with E-state index in [1.165, 1.54) is 84.0 Å².